The third-order valence-electron chi connectivity index (χ3n) is 12.9. The fraction of sp³-hybridized carbons (Fsp3) is 0.829. The maximum absolute atomic E-state index is 14.9. The highest BCUT2D eigenvalue weighted by Crippen LogP contribution is 2.53. The van der Waals surface area contributed by atoms with Gasteiger partial charge in [-0.1, -0.05) is 81.1 Å². The lowest BCUT2D eigenvalue weighted by molar-refractivity contribution is -0.153. The minimum absolute atomic E-state index is 0.00566. The number of Topliss-reactive ketones (excluding diaryl/α,β-unsaturated/α-hetero) is 1. The van der Waals surface area contributed by atoms with Gasteiger partial charge in [0.25, 0.3) is 5.91 Å². The number of piperidine rings is 1. The van der Waals surface area contributed by atoms with Crippen molar-refractivity contribution in [1.82, 2.24) is 31.1 Å². The van der Waals surface area contributed by atoms with Crippen LogP contribution < -0.4 is 21.3 Å². The molecule has 0 spiro atoms. The molecule has 3 saturated carbocycles. The Morgan fingerprint density at radius 1 is 0.852 bits per heavy atom. The number of fused-ring (bicyclic) bond motifs is 1. The molecule has 13 nitrogen and oxygen atoms in total. The van der Waals surface area contributed by atoms with E-state index in [0.29, 0.717) is 19.4 Å². The van der Waals surface area contributed by atoms with E-state index < -0.39 is 58.6 Å². The Hall–Kier alpha value is -3.51. The summed E-state index contributed by atoms with van der Waals surface area (Å²) in [6.07, 6.45) is 9.06. The van der Waals surface area contributed by atoms with Crippen LogP contribution >= 0.6 is 0 Å². The van der Waals surface area contributed by atoms with Crippen LogP contribution in [0.5, 0.6) is 0 Å². The Morgan fingerprint density at radius 2 is 1.48 bits per heavy atom. The van der Waals surface area contributed by atoms with Crippen LogP contribution in [-0.4, -0.2) is 94.4 Å². The van der Waals surface area contributed by atoms with Gasteiger partial charge in [-0.25, -0.2) is 4.79 Å². The zero-order valence-electron chi connectivity index (χ0n) is 34.0. The predicted molar refractivity (Wildman–Crippen MR) is 204 cm³/mol. The smallest absolute Gasteiger partial charge is 0.315 e. The van der Waals surface area contributed by atoms with Gasteiger partial charge in [-0.15, -0.1) is 0 Å². The van der Waals surface area contributed by atoms with Crippen LogP contribution in [0, 0.1) is 34.0 Å². The molecular formula is C41H66N6O7. The quantitative estimate of drug-likeness (QED) is 0.161. The highest BCUT2D eigenvalue weighted by molar-refractivity contribution is 6.38. The molecule has 4 N–H and O–H groups in total. The molecule has 0 aromatic carbocycles. The van der Waals surface area contributed by atoms with Gasteiger partial charge in [0.1, 0.15) is 12.1 Å². The van der Waals surface area contributed by atoms with E-state index in [4.69, 9.17) is 0 Å². The number of imide groups is 1. The molecule has 3 aliphatic carbocycles. The molecule has 13 heteroatoms. The maximum atomic E-state index is 14.9. The van der Waals surface area contributed by atoms with Crippen molar-refractivity contribution in [3.05, 3.63) is 0 Å². The zero-order chi connectivity index (χ0) is 39.7. The van der Waals surface area contributed by atoms with Gasteiger partial charge in [0, 0.05) is 32.0 Å². The van der Waals surface area contributed by atoms with Crippen molar-refractivity contribution in [2.24, 2.45) is 34.0 Å². The number of urea groups is 1. The van der Waals surface area contributed by atoms with E-state index in [9.17, 15) is 33.6 Å². The largest absolute Gasteiger partial charge is 0.347 e. The van der Waals surface area contributed by atoms with Crippen LogP contribution in [0.3, 0.4) is 0 Å². The van der Waals surface area contributed by atoms with E-state index in [-0.39, 0.29) is 66.3 Å². The van der Waals surface area contributed by atoms with Crippen LogP contribution in [0.4, 0.5) is 4.79 Å². The molecule has 6 atom stereocenters. The van der Waals surface area contributed by atoms with Crippen LogP contribution in [-0.2, 0) is 28.8 Å². The summed E-state index contributed by atoms with van der Waals surface area (Å²) in [6, 6.07) is -3.90. The number of carbonyl (C=O) groups is 7. The molecule has 0 aromatic heterocycles. The van der Waals surface area contributed by atoms with Crippen molar-refractivity contribution in [2.45, 2.75) is 169 Å². The lowest BCUT2D eigenvalue weighted by Crippen LogP contribution is -2.62. The summed E-state index contributed by atoms with van der Waals surface area (Å²) in [6.45, 7) is 16.2. The number of ketones is 1. The minimum atomic E-state index is -0.996. The number of nitrogens with zero attached hydrogens (tertiary/aromatic N) is 2. The van der Waals surface area contributed by atoms with Crippen molar-refractivity contribution in [3.63, 3.8) is 0 Å². The predicted octanol–water partition coefficient (Wildman–Crippen LogP) is 4.22. The molecule has 2 aliphatic heterocycles. The zero-order valence-corrected chi connectivity index (χ0v) is 34.0. The van der Waals surface area contributed by atoms with Gasteiger partial charge < -0.3 is 26.2 Å². The molecule has 54 heavy (non-hydrogen) atoms. The van der Waals surface area contributed by atoms with E-state index in [2.05, 4.69) is 35.1 Å². The molecule has 5 aliphatic rings. The van der Waals surface area contributed by atoms with Crippen molar-refractivity contribution < 1.29 is 33.6 Å². The molecule has 2 heterocycles. The number of amides is 7. The number of hydrogen-bond acceptors (Lipinski definition) is 7. The Balaban J connectivity index is 1.37. The van der Waals surface area contributed by atoms with Crippen LogP contribution in [0.2, 0.25) is 0 Å². The molecule has 1 unspecified atom stereocenters. The third kappa shape index (κ3) is 9.64. The summed E-state index contributed by atoms with van der Waals surface area (Å²) in [4.78, 5) is 98.4. The van der Waals surface area contributed by atoms with Crippen LogP contribution in [0.15, 0.2) is 0 Å². The average Bonchev–Trinajstić information content (AvgIpc) is 3.73. The van der Waals surface area contributed by atoms with E-state index in [0.717, 1.165) is 57.8 Å². The fourth-order valence-corrected chi connectivity index (χ4v) is 9.34. The first-order valence-electron chi connectivity index (χ1n) is 20.6. The molecule has 7 amide bonds. The van der Waals surface area contributed by atoms with E-state index in [1.54, 1.807) is 4.90 Å². The summed E-state index contributed by atoms with van der Waals surface area (Å²) in [5.41, 5.74) is -1.07. The lowest BCUT2D eigenvalue weighted by Gasteiger charge is -2.40. The van der Waals surface area contributed by atoms with Gasteiger partial charge in [0.05, 0.1) is 12.1 Å². The first-order valence-corrected chi connectivity index (χ1v) is 20.6. The lowest BCUT2D eigenvalue weighted by atomic mass is 9.79. The Morgan fingerprint density at radius 3 is 2.06 bits per heavy atom. The van der Waals surface area contributed by atoms with Gasteiger partial charge in [0.15, 0.2) is 0 Å². The number of nitrogens with one attached hydrogen (secondary N) is 4. The number of rotatable bonds is 13. The second-order valence-electron chi connectivity index (χ2n) is 19.5. The summed E-state index contributed by atoms with van der Waals surface area (Å²) in [7, 11) is 0. The molecule has 302 valence electrons. The van der Waals surface area contributed by atoms with Gasteiger partial charge in [-0.3, -0.25) is 33.7 Å². The summed E-state index contributed by atoms with van der Waals surface area (Å²) in [5, 5.41) is 11.7. The molecule has 5 rings (SSSR count). The Kier molecular flexibility index (Phi) is 12.6. The Labute approximate surface area is 321 Å². The van der Waals surface area contributed by atoms with Crippen molar-refractivity contribution in [2.75, 3.05) is 13.1 Å². The molecule has 5 fully saturated rings. The van der Waals surface area contributed by atoms with Crippen molar-refractivity contribution in [3.8, 4) is 0 Å². The monoisotopic (exact) mass is 754 g/mol. The maximum Gasteiger partial charge on any atom is 0.315 e. The highest BCUT2D eigenvalue weighted by atomic mass is 16.2. The number of hydrogen-bond donors (Lipinski definition) is 4. The third-order valence-corrected chi connectivity index (χ3v) is 12.9. The van der Waals surface area contributed by atoms with Crippen LogP contribution in [0.1, 0.15) is 139 Å². The molecule has 2 saturated heterocycles. The summed E-state index contributed by atoms with van der Waals surface area (Å²) in [5.74, 6) is -2.85. The van der Waals surface area contributed by atoms with Gasteiger partial charge in [-0.2, -0.15) is 0 Å². The average molecular weight is 755 g/mol. The second-order valence-corrected chi connectivity index (χ2v) is 19.5. The molecular weight excluding hydrogens is 688 g/mol. The molecule has 0 aromatic rings. The number of carbonyl (C=O) groups excluding carboxylic acids is 7. The highest BCUT2D eigenvalue weighted by Gasteiger charge is 2.57. The SMILES string of the molecule is CCCC(NC(=O)[C@@H]1[C@H]2CCC(C)(C)[C@H]2CN1C(=O)[C@@H](NC(=O)N[C@H](CN1C(=O)CC(C)(C)CC1=O)C(C)(C)C)C1CCCCC1)C(=O)C(=O)NC1CC1. The minimum Gasteiger partial charge on any atom is -0.347 e. The normalized spacial score (nSPS) is 27.1. The number of likely N-dealkylation sites (tertiary alicyclic amines) is 2. The van der Waals surface area contributed by atoms with E-state index in [1.165, 1.54) is 4.90 Å². The van der Waals surface area contributed by atoms with Crippen molar-refractivity contribution in [1.29, 1.82) is 0 Å². The standard InChI is InChI=1S/C41H66N6O7/c1-9-13-28(34(50)36(52)42-25-16-17-25)43-35(51)33-26-18-19-41(7,8)27(26)22-47(33)37(53)32(24-14-11-10-12-15-24)45-38(54)44-29(39(2,3)4)23-46-30(48)20-40(5,6)21-31(46)49/h24-29,32-33H,9-23H2,1-8H3,(H,42,52)(H,43,51)(H2,44,45,54)/t26-,27-,28?,29+,32-,33-/m0/s1. The first-order chi connectivity index (χ1) is 25.2. The van der Waals surface area contributed by atoms with Gasteiger partial charge in [0.2, 0.25) is 29.4 Å². The van der Waals surface area contributed by atoms with E-state index >= 15 is 0 Å². The van der Waals surface area contributed by atoms with Crippen LogP contribution in [0.25, 0.3) is 0 Å². The fourth-order valence-electron chi connectivity index (χ4n) is 9.34. The van der Waals surface area contributed by atoms with E-state index in [1.807, 2.05) is 41.5 Å². The molecule has 0 radical (unpaired) electrons. The van der Waals surface area contributed by atoms with Gasteiger partial charge in [-0.05, 0) is 78.9 Å². The van der Waals surface area contributed by atoms with Crippen molar-refractivity contribution >= 4 is 41.4 Å². The first kappa shape index (κ1) is 41.6. The second kappa shape index (κ2) is 16.3. The summed E-state index contributed by atoms with van der Waals surface area (Å²) < 4.78 is 0. The summed E-state index contributed by atoms with van der Waals surface area (Å²) >= 11 is 0. The Bertz CT molecular complexity index is 1460. The molecule has 0 bridgehead atoms. The topological polar surface area (TPSA) is 174 Å². The van der Waals surface area contributed by atoms with Gasteiger partial charge >= 0.3 is 6.03 Å².